The number of amides is 2. The summed E-state index contributed by atoms with van der Waals surface area (Å²) in [6, 6.07) is 6.67. The molecule has 210 valence electrons. The minimum atomic E-state index is -1.39. The highest BCUT2D eigenvalue weighted by atomic mass is 16.6. The quantitative estimate of drug-likeness (QED) is 0.264. The van der Waals surface area contributed by atoms with Crippen LogP contribution < -0.4 is 31.7 Å². The van der Waals surface area contributed by atoms with Crippen LogP contribution >= 0.6 is 0 Å². The first-order valence-electron chi connectivity index (χ1n) is 13.0. The number of fused-ring (bicyclic) bond motifs is 1. The fraction of sp³-hybridized carbons (Fsp3) is 0.520. The lowest BCUT2D eigenvalue weighted by Gasteiger charge is -2.31. The average Bonchev–Trinajstić information content (AvgIpc) is 3.47. The summed E-state index contributed by atoms with van der Waals surface area (Å²) >= 11 is 0. The van der Waals surface area contributed by atoms with Gasteiger partial charge in [0.2, 0.25) is 0 Å². The fourth-order valence-electron chi connectivity index (χ4n) is 5.12. The molecule has 14 heteroatoms. The maximum atomic E-state index is 12.5. The normalized spacial score (nSPS) is 24.8. The van der Waals surface area contributed by atoms with E-state index in [1.807, 2.05) is 0 Å². The number of piperidine rings is 1. The molecule has 2 fully saturated rings. The van der Waals surface area contributed by atoms with Crippen LogP contribution in [0.1, 0.15) is 25.6 Å². The van der Waals surface area contributed by atoms with Gasteiger partial charge in [0.15, 0.2) is 24.0 Å². The summed E-state index contributed by atoms with van der Waals surface area (Å²) in [5, 5.41) is 26.8. The minimum Gasteiger partial charge on any atom is -0.410 e. The van der Waals surface area contributed by atoms with Gasteiger partial charge in [-0.1, -0.05) is 0 Å². The number of anilines is 4. The Labute approximate surface area is 225 Å². The number of ether oxygens (including phenoxy) is 2. The topological polar surface area (TPSA) is 201 Å². The number of aliphatic hydroxyl groups excluding tert-OH is 2. The number of benzene rings is 1. The first kappa shape index (κ1) is 26.7. The highest BCUT2D eigenvalue weighted by molar-refractivity contribution is 5.83. The zero-order valence-corrected chi connectivity index (χ0v) is 21.6. The fourth-order valence-corrected chi connectivity index (χ4v) is 5.12. The monoisotopic (exact) mass is 542 g/mol. The largest absolute Gasteiger partial charge is 0.415 e. The van der Waals surface area contributed by atoms with E-state index in [0.29, 0.717) is 54.8 Å². The van der Waals surface area contributed by atoms with Crippen LogP contribution in [0.4, 0.5) is 27.8 Å². The molecule has 4 atom stereocenters. The Morgan fingerprint density at radius 1 is 1.15 bits per heavy atom. The van der Waals surface area contributed by atoms with Crippen molar-refractivity contribution in [3.63, 3.8) is 0 Å². The second-order valence-electron chi connectivity index (χ2n) is 9.92. The third-order valence-corrected chi connectivity index (χ3v) is 7.25. The molecule has 3 aliphatic rings. The second-order valence-corrected chi connectivity index (χ2v) is 9.92. The van der Waals surface area contributed by atoms with Crippen molar-refractivity contribution in [2.75, 3.05) is 48.0 Å². The van der Waals surface area contributed by atoms with Crippen LogP contribution in [-0.4, -0.2) is 87.9 Å². The van der Waals surface area contributed by atoms with Gasteiger partial charge in [-0.25, -0.2) is 14.8 Å². The Morgan fingerprint density at radius 2 is 1.87 bits per heavy atom. The molecule has 2 aromatic rings. The van der Waals surface area contributed by atoms with Crippen molar-refractivity contribution in [2.24, 2.45) is 5.92 Å². The van der Waals surface area contributed by atoms with Crippen molar-refractivity contribution in [3.8, 4) is 5.75 Å². The van der Waals surface area contributed by atoms with Crippen molar-refractivity contribution >= 4 is 35.0 Å². The molecule has 0 radical (unpaired) electrons. The second kappa shape index (κ2) is 11.1. The molecular weight excluding hydrogens is 508 g/mol. The van der Waals surface area contributed by atoms with Gasteiger partial charge in [0.25, 0.3) is 5.91 Å². The lowest BCUT2D eigenvalue weighted by atomic mass is 9.93. The van der Waals surface area contributed by atoms with Crippen LogP contribution in [0.15, 0.2) is 24.3 Å². The molecule has 14 nitrogen and oxygen atoms in total. The summed E-state index contributed by atoms with van der Waals surface area (Å²) in [5.74, 6) is 1.40. The molecule has 2 saturated heterocycles. The summed E-state index contributed by atoms with van der Waals surface area (Å²) < 4.78 is 11.2. The van der Waals surface area contributed by atoms with E-state index in [2.05, 4.69) is 15.6 Å². The third kappa shape index (κ3) is 5.48. The molecule has 2 amide bonds. The number of likely N-dealkylation sites (tertiary alicyclic amines) is 1. The zero-order valence-electron chi connectivity index (χ0n) is 21.6. The lowest BCUT2D eigenvalue weighted by molar-refractivity contribution is -0.135. The average molecular weight is 543 g/mol. The SMILES string of the molecule is CCNC(=O)C1OC(N2CNc3c(N)nc(CC4CCN(C(=O)Oc5ccc(N)cc5)CC4)nc32)C(O)C1O. The third-order valence-electron chi connectivity index (χ3n) is 7.25. The number of likely N-dealkylation sites (N-methyl/N-ethyl adjacent to an activating group) is 1. The first-order valence-corrected chi connectivity index (χ1v) is 13.0. The number of aliphatic hydroxyl groups is 2. The molecule has 39 heavy (non-hydrogen) atoms. The molecule has 1 aromatic carbocycles. The van der Waals surface area contributed by atoms with Crippen LogP contribution in [0.5, 0.6) is 5.75 Å². The molecule has 4 heterocycles. The van der Waals surface area contributed by atoms with Crippen molar-refractivity contribution < 1.29 is 29.3 Å². The summed E-state index contributed by atoms with van der Waals surface area (Å²) in [4.78, 5) is 37.3. The number of nitrogens with zero attached hydrogens (tertiary/aromatic N) is 4. The van der Waals surface area contributed by atoms with E-state index in [1.165, 1.54) is 0 Å². The molecule has 8 N–H and O–H groups in total. The van der Waals surface area contributed by atoms with E-state index >= 15 is 0 Å². The van der Waals surface area contributed by atoms with Gasteiger partial charge >= 0.3 is 6.09 Å². The lowest BCUT2D eigenvalue weighted by Crippen LogP contribution is -2.44. The number of carbonyl (C=O) groups is 2. The maximum absolute atomic E-state index is 12.5. The Hall–Kier alpha value is -3.88. The smallest absolute Gasteiger partial charge is 0.410 e. The van der Waals surface area contributed by atoms with Crippen molar-refractivity contribution in [3.05, 3.63) is 30.1 Å². The number of nitrogen functional groups attached to an aromatic ring is 2. The predicted molar refractivity (Wildman–Crippen MR) is 142 cm³/mol. The van der Waals surface area contributed by atoms with Crippen LogP contribution in [0.3, 0.4) is 0 Å². The molecule has 0 saturated carbocycles. The molecule has 0 bridgehead atoms. The number of rotatable bonds is 6. The number of hydrogen-bond donors (Lipinski definition) is 6. The summed E-state index contributed by atoms with van der Waals surface area (Å²) in [7, 11) is 0. The van der Waals surface area contributed by atoms with Gasteiger partial charge in [0, 0.05) is 31.7 Å². The number of nitrogens with one attached hydrogen (secondary N) is 2. The van der Waals surface area contributed by atoms with Gasteiger partial charge in [0.05, 0.1) is 6.67 Å². The predicted octanol–water partition coefficient (Wildman–Crippen LogP) is -0.133. The Kier molecular flexibility index (Phi) is 7.59. The van der Waals surface area contributed by atoms with Gasteiger partial charge in [-0.2, -0.15) is 0 Å². The molecule has 0 aliphatic carbocycles. The molecule has 0 spiro atoms. The number of aromatic nitrogens is 2. The molecule has 5 rings (SSSR count). The maximum Gasteiger partial charge on any atom is 0.415 e. The number of hydrogen-bond acceptors (Lipinski definition) is 12. The van der Waals surface area contributed by atoms with Crippen molar-refractivity contribution in [1.82, 2.24) is 20.2 Å². The summed E-state index contributed by atoms with van der Waals surface area (Å²) in [6.07, 6.45) is -3.30. The highest BCUT2D eigenvalue weighted by Gasteiger charge is 2.50. The van der Waals surface area contributed by atoms with E-state index < -0.39 is 36.5 Å². The van der Waals surface area contributed by atoms with Gasteiger partial charge < -0.3 is 51.6 Å². The highest BCUT2D eigenvalue weighted by Crippen LogP contribution is 2.38. The Balaban J connectivity index is 1.21. The van der Waals surface area contributed by atoms with Crippen molar-refractivity contribution in [1.29, 1.82) is 0 Å². The van der Waals surface area contributed by atoms with Crippen LogP contribution in [-0.2, 0) is 16.0 Å². The van der Waals surface area contributed by atoms with E-state index in [9.17, 15) is 19.8 Å². The van der Waals surface area contributed by atoms with Crippen molar-refractivity contribution in [2.45, 2.75) is 50.7 Å². The Morgan fingerprint density at radius 3 is 2.56 bits per heavy atom. The van der Waals surface area contributed by atoms with Gasteiger partial charge in [-0.15, -0.1) is 0 Å². The van der Waals surface area contributed by atoms with E-state index in [4.69, 9.17) is 25.9 Å². The molecule has 1 aromatic heterocycles. The first-order chi connectivity index (χ1) is 18.7. The molecule has 4 unspecified atom stereocenters. The molecular formula is C25H34N8O6. The van der Waals surface area contributed by atoms with Gasteiger partial charge in [0.1, 0.15) is 29.5 Å². The number of nitrogens with two attached hydrogens (primary N) is 2. The van der Waals surface area contributed by atoms with Gasteiger partial charge in [-0.05, 0) is 49.9 Å². The van der Waals surface area contributed by atoms with Crippen LogP contribution in [0, 0.1) is 5.92 Å². The Bertz CT molecular complexity index is 1210. The molecule has 3 aliphatic heterocycles. The number of carbonyl (C=O) groups excluding carboxylic acids is 2. The van der Waals surface area contributed by atoms with Gasteiger partial charge in [-0.3, -0.25) is 4.79 Å². The summed E-state index contributed by atoms with van der Waals surface area (Å²) in [5.41, 5.74) is 13.0. The van der Waals surface area contributed by atoms with E-state index in [1.54, 1.807) is 41.0 Å². The summed E-state index contributed by atoms with van der Waals surface area (Å²) in [6.45, 7) is 3.41. The van der Waals surface area contributed by atoms with Crippen LogP contribution in [0.2, 0.25) is 0 Å². The standard InChI is InChI=1S/C25H34N8O6/c1-2-28-23(36)20-18(34)19(35)24(39-20)33-12-29-17-21(27)30-16(31-22(17)33)11-13-7-9-32(10-8-13)25(37)38-15-5-3-14(26)4-6-15/h3-6,13,18-20,24,29,34-35H,2,7-12,26H2,1H3,(H,28,36)(H2,27,30,31). The van der Waals surface area contributed by atoms with Crippen LogP contribution in [0.25, 0.3) is 0 Å². The zero-order chi connectivity index (χ0) is 27.7. The minimum absolute atomic E-state index is 0.211. The van der Waals surface area contributed by atoms with E-state index in [0.717, 1.165) is 12.8 Å². The van der Waals surface area contributed by atoms with E-state index in [-0.39, 0.29) is 18.4 Å².